The summed E-state index contributed by atoms with van der Waals surface area (Å²) in [6.45, 7) is 1.29. The van der Waals surface area contributed by atoms with Crippen LogP contribution >= 0.6 is 0 Å². The Kier molecular flexibility index (Phi) is 29.3. The fourth-order valence-electron chi connectivity index (χ4n) is 6.66. The van der Waals surface area contributed by atoms with Crippen LogP contribution in [0.4, 0.5) is 0 Å². The van der Waals surface area contributed by atoms with Gasteiger partial charge in [0.1, 0.15) is 9.79 Å². The third kappa shape index (κ3) is 21.8. The zero-order valence-corrected chi connectivity index (χ0v) is 34.7. The Morgan fingerprint density at radius 2 is 0.556 bits per heavy atom. The normalized spacial score (nSPS) is 11.7. The van der Waals surface area contributed by atoms with Crippen LogP contribution in [0.5, 0.6) is 0 Å². The summed E-state index contributed by atoms with van der Waals surface area (Å²) >= 11 is 0. The number of unbranched alkanes of at least 4 members (excludes halogenated alkanes) is 24. The summed E-state index contributed by atoms with van der Waals surface area (Å²) in [5, 5.41) is 35.2. The fourth-order valence-corrected chi connectivity index (χ4v) is 10.5. The predicted molar refractivity (Wildman–Crippen MR) is 216 cm³/mol. The molecule has 0 aliphatic carbocycles. The lowest BCUT2D eigenvalue weighted by molar-refractivity contribution is 0.377. The van der Waals surface area contributed by atoms with Crippen molar-refractivity contribution in [2.24, 2.45) is 0 Å². The van der Waals surface area contributed by atoms with Crippen LogP contribution in [0.25, 0.3) is 0 Å². The summed E-state index contributed by atoms with van der Waals surface area (Å²) in [7, 11) is -8.26. The quantitative estimate of drug-likeness (QED) is 0.0605. The molecule has 0 atom stereocenters. The third-order valence-electron chi connectivity index (χ3n) is 9.87. The van der Waals surface area contributed by atoms with Gasteiger partial charge in [0.25, 0.3) is 0 Å². The Morgan fingerprint density at radius 3 is 0.778 bits per heavy atom. The number of rotatable bonds is 36. The van der Waals surface area contributed by atoms with E-state index in [0.29, 0.717) is 77.5 Å². The molecule has 0 amide bonds. The average Bonchev–Trinajstić information content (AvgIpc) is 3.17. The minimum absolute atomic E-state index is 0.155. The van der Waals surface area contributed by atoms with Gasteiger partial charge in [-0.1, -0.05) is 115 Å². The van der Waals surface area contributed by atoms with E-state index in [9.17, 15) is 16.8 Å². The number of sulfonamides is 2. The van der Waals surface area contributed by atoms with Crippen molar-refractivity contribution >= 4 is 20.0 Å². The molecule has 0 aromatic heterocycles. The molecule has 0 aliphatic rings. The number of nitrogens with zero attached hydrogens (tertiary/aromatic N) is 6. The smallest absolute Gasteiger partial charge is 0.207 e. The minimum atomic E-state index is -4.13. The van der Waals surface area contributed by atoms with E-state index in [1.165, 1.54) is 20.7 Å². The van der Waals surface area contributed by atoms with Crippen LogP contribution in [0.3, 0.4) is 0 Å². The van der Waals surface area contributed by atoms with Gasteiger partial charge in [0.2, 0.25) is 20.0 Å². The first kappa shape index (κ1) is 49.0. The van der Waals surface area contributed by atoms with Crippen molar-refractivity contribution in [1.29, 1.82) is 21.0 Å². The highest BCUT2D eigenvalue weighted by molar-refractivity contribution is 7.92. The van der Waals surface area contributed by atoms with E-state index in [1.54, 1.807) is 12.1 Å². The summed E-state index contributed by atoms with van der Waals surface area (Å²) in [4.78, 5) is -0.309. The summed E-state index contributed by atoms with van der Waals surface area (Å²) in [6, 6.07) is 14.8. The molecule has 0 spiro atoms. The van der Waals surface area contributed by atoms with Gasteiger partial charge in [0, 0.05) is 51.9 Å². The Labute approximate surface area is 329 Å². The first-order valence-corrected chi connectivity index (χ1v) is 23.7. The molecule has 1 aromatic carbocycles. The zero-order valence-electron chi connectivity index (χ0n) is 33.1. The lowest BCUT2D eigenvalue weighted by atomic mass is 10.1. The van der Waals surface area contributed by atoms with E-state index in [4.69, 9.17) is 21.0 Å². The monoisotopic (exact) mass is 784 g/mol. The van der Waals surface area contributed by atoms with E-state index in [0.717, 1.165) is 128 Å². The van der Waals surface area contributed by atoms with Crippen LogP contribution in [-0.2, 0) is 20.0 Å². The number of hydrogen-bond acceptors (Lipinski definition) is 8. The summed E-state index contributed by atoms with van der Waals surface area (Å²) in [5.74, 6) is 0. The second kappa shape index (κ2) is 32.3. The maximum atomic E-state index is 14.5. The summed E-state index contributed by atoms with van der Waals surface area (Å²) in [6.07, 6.45) is 23.7. The molecule has 0 radical (unpaired) electrons. The molecular formula is C42H68N6O4S2. The maximum absolute atomic E-state index is 14.5. The zero-order chi connectivity index (χ0) is 39.6. The first-order chi connectivity index (χ1) is 26.3. The van der Waals surface area contributed by atoms with Gasteiger partial charge < -0.3 is 0 Å². The molecule has 0 saturated heterocycles. The predicted octanol–water partition coefficient (Wildman–Crippen LogP) is 10.7. The van der Waals surface area contributed by atoms with E-state index < -0.39 is 20.0 Å². The van der Waals surface area contributed by atoms with Gasteiger partial charge >= 0.3 is 0 Å². The number of benzene rings is 1. The van der Waals surface area contributed by atoms with Crippen LogP contribution in [0.2, 0.25) is 0 Å². The molecule has 302 valence electrons. The van der Waals surface area contributed by atoms with Crippen molar-refractivity contribution in [1.82, 2.24) is 8.61 Å². The molecule has 1 rings (SSSR count). The summed E-state index contributed by atoms with van der Waals surface area (Å²) in [5.41, 5.74) is 0. The largest absolute Gasteiger partial charge is 0.244 e. The second-order valence-electron chi connectivity index (χ2n) is 14.4. The molecule has 0 bridgehead atoms. The van der Waals surface area contributed by atoms with Crippen molar-refractivity contribution in [3.8, 4) is 24.3 Å². The van der Waals surface area contributed by atoms with Gasteiger partial charge in [-0.05, 0) is 63.5 Å². The molecule has 0 N–H and O–H groups in total. The van der Waals surface area contributed by atoms with Crippen LogP contribution in [0.1, 0.15) is 180 Å². The highest BCUT2D eigenvalue weighted by Crippen LogP contribution is 2.29. The van der Waals surface area contributed by atoms with Crippen molar-refractivity contribution in [3.05, 3.63) is 24.3 Å². The molecule has 12 heteroatoms. The van der Waals surface area contributed by atoms with Crippen LogP contribution in [0.15, 0.2) is 34.1 Å². The van der Waals surface area contributed by atoms with Crippen molar-refractivity contribution < 1.29 is 16.8 Å². The molecule has 0 heterocycles. The molecule has 0 fully saturated rings. The molecule has 10 nitrogen and oxygen atoms in total. The van der Waals surface area contributed by atoms with Crippen molar-refractivity contribution in [2.75, 3.05) is 26.2 Å². The van der Waals surface area contributed by atoms with E-state index in [-0.39, 0.29) is 9.79 Å². The van der Waals surface area contributed by atoms with Gasteiger partial charge in [-0.2, -0.15) is 29.7 Å². The van der Waals surface area contributed by atoms with Gasteiger partial charge in [0.15, 0.2) is 0 Å². The van der Waals surface area contributed by atoms with E-state index in [2.05, 4.69) is 24.3 Å². The maximum Gasteiger partial charge on any atom is 0.244 e. The molecule has 0 unspecified atom stereocenters. The highest BCUT2D eigenvalue weighted by atomic mass is 32.2. The third-order valence-corrected chi connectivity index (χ3v) is 13.9. The Hall–Kier alpha value is -3.00. The van der Waals surface area contributed by atoms with Crippen LogP contribution in [-0.4, -0.2) is 51.6 Å². The van der Waals surface area contributed by atoms with Gasteiger partial charge in [-0.25, -0.2) is 16.8 Å². The highest BCUT2D eigenvalue weighted by Gasteiger charge is 2.34. The molecular weight excluding hydrogens is 717 g/mol. The standard InChI is InChI=1S/C42H68N6O4S2/c43-33-23-13-5-1-9-17-27-37-47(38-28-18-10-2-6-14-24-34-44)53(49,50)41-31-21-22-32-42(41)54(51,52)48(39-29-19-11-3-7-15-25-35-45)40-30-20-12-4-8-16-26-36-46/h21-22,31-32H,1-20,23-30,37-40H2. The SMILES string of the molecule is N#CCCCCCCCCN(CCCCCCCCC#N)S(=O)(=O)c1ccccc1S(=O)(=O)N(CCCCCCCCC#N)CCCCCCCCC#N. The molecule has 54 heavy (non-hydrogen) atoms. The fraction of sp³-hybridized carbons (Fsp3) is 0.762. The first-order valence-electron chi connectivity index (χ1n) is 20.8. The Bertz CT molecular complexity index is 1330. The topological polar surface area (TPSA) is 170 Å². The van der Waals surface area contributed by atoms with Gasteiger partial charge in [0.05, 0.1) is 24.3 Å². The average molecular weight is 785 g/mol. The van der Waals surface area contributed by atoms with Crippen LogP contribution < -0.4 is 0 Å². The lowest BCUT2D eigenvalue weighted by Gasteiger charge is -2.26. The summed E-state index contributed by atoms with van der Waals surface area (Å²) < 4.78 is 60.8. The lowest BCUT2D eigenvalue weighted by Crippen LogP contribution is -2.37. The molecule has 0 saturated carbocycles. The van der Waals surface area contributed by atoms with Crippen molar-refractivity contribution in [3.63, 3.8) is 0 Å². The van der Waals surface area contributed by atoms with E-state index in [1.807, 2.05) is 0 Å². The minimum Gasteiger partial charge on any atom is -0.207 e. The number of hydrogen-bond donors (Lipinski definition) is 0. The van der Waals surface area contributed by atoms with Gasteiger partial charge in [-0.15, -0.1) is 0 Å². The van der Waals surface area contributed by atoms with E-state index >= 15 is 0 Å². The number of nitriles is 4. The molecule has 1 aromatic rings. The Morgan fingerprint density at radius 1 is 0.352 bits per heavy atom. The van der Waals surface area contributed by atoms with Crippen molar-refractivity contribution in [2.45, 2.75) is 190 Å². The van der Waals surface area contributed by atoms with Crippen LogP contribution in [0, 0.1) is 45.3 Å². The molecule has 0 aliphatic heterocycles. The Balaban J connectivity index is 3.16. The second-order valence-corrected chi connectivity index (χ2v) is 18.2. The van der Waals surface area contributed by atoms with Gasteiger partial charge in [-0.3, -0.25) is 0 Å².